The van der Waals surface area contributed by atoms with Gasteiger partial charge < -0.3 is 20.1 Å². The number of benzene rings is 1. The second kappa shape index (κ2) is 10.4. The van der Waals surface area contributed by atoms with E-state index in [1.54, 1.807) is 18.2 Å². The van der Waals surface area contributed by atoms with Crippen molar-refractivity contribution < 1.29 is 9.47 Å². The number of aliphatic imine (C=N–C) groups is 1. The summed E-state index contributed by atoms with van der Waals surface area (Å²) in [5.41, 5.74) is 5.93. The minimum Gasteiger partial charge on any atom is -0.492 e. The molecule has 0 saturated carbocycles. The van der Waals surface area contributed by atoms with Crippen molar-refractivity contribution in [3.8, 4) is 5.75 Å². The Balaban J connectivity index is 0.00000242. The molecule has 0 bridgehead atoms. The summed E-state index contributed by atoms with van der Waals surface area (Å²) in [7, 11) is 0. The smallest absolute Gasteiger partial charge is 0.191 e. The van der Waals surface area contributed by atoms with Crippen molar-refractivity contribution in [3.63, 3.8) is 0 Å². The van der Waals surface area contributed by atoms with Gasteiger partial charge in [0.1, 0.15) is 5.75 Å². The van der Waals surface area contributed by atoms with Crippen LogP contribution in [0.5, 0.6) is 5.75 Å². The minimum absolute atomic E-state index is 0. The topological polar surface area (TPSA) is 60.1 Å². The van der Waals surface area contributed by atoms with Crippen LogP contribution in [0.3, 0.4) is 0 Å². The van der Waals surface area contributed by atoms with Crippen molar-refractivity contribution in [1.82, 2.24) is 4.90 Å². The van der Waals surface area contributed by atoms with Crippen molar-refractivity contribution in [1.29, 1.82) is 0 Å². The Morgan fingerprint density at radius 3 is 2.73 bits per heavy atom. The molecule has 0 spiro atoms. The van der Waals surface area contributed by atoms with E-state index in [1.165, 1.54) is 0 Å². The third-order valence-corrected chi connectivity index (χ3v) is 3.59. The standard InChI is InChI=1S/C14H19Cl2N3O2.HI/c15-11-2-3-13(12(16)10-11)21-7-1-4-18-14(17)19-5-8-20-9-6-19;/h2-3,10H,1,4-9H2,(H2,17,18);1H. The molecule has 0 aliphatic carbocycles. The van der Waals surface area contributed by atoms with E-state index in [-0.39, 0.29) is 24.0 Å². The fourth-order valence-electron chi connectivity index (χ4n) is 1.92. The van der Waals surface area contributed by atoms with E-state index >= 15 is 0 Å². The number of guanidine groups is 1. The highest BCUT2D eigenvalue weighted by Crippen LogP contribution is 2.27. The molecule has 1 aromatic carbocycles. The summed E-state index contributed by atoms with van der Waals surface area (Å²) in [4.78, 5) is 6.37. The molecule has 2 N–H and O–H groups in total. The Labute approximate surface area is 157 Å². The quantitative estimate of drug-likeness (QED) is 0.318. The van der Waals surface area contributed by atoms with Crippen LogP contribution in [0.2, 0.25) is 10.0 Å². The lowest BCUT2D eigenvalue weighted by atomic mass is 10.3. The molecule has 1 heterocycles. The minimum atomic E-state index is 0. The molecule has 0 radical (unpaired) electrons. The molecule has 1 saturated heterocycles. The largest absolute Gasteiger partial charge is 0.492 e. The van der Waals surface area contributed by atoms with E-state index < -0.39 is 0 Å². The van der Waals surface area contributed by atoms with Gasteiger partial charge in [0.15, 0.2) is 5.96 Å². The second-order valence-electron chi connectivity index (χ2n) is 4.62. The lowest BCUT2D eigenvalue weighted by Gasteiger charge is -2.27. The summed E-state index contributed by atoms with van der Waals surface area (Å²) in [5, 5.41) is 1.11. The summed E-state index contributed by atoms with van der Waals surface area (Å²) in [6.45, 7) is 4.15. The first-order valence-electron chi connectivity index (χ1n) is 6.87. The van der Waals surface area contributed by atoms with E-state index in [1.807, 2.05) is 4.90 Å². The molecular weight excluding hydrogens is 440 g/mol. The van der Waals surface area contributed by atoms with Gasteiger partial charge in [-0.3, -0.25) is 4.99 Å². The third kappa shape index (κ3) is 6.36. The molecule has 22 heavy (non-hydrogen) atoms. The van der Waals surface area contributed by atoms with Crippen molar-refractivity contribution in [2.24, 2.45) is 10.7 Å². The van der Waals surface area contributed by atoms with Gasteiger partial charge in [-0.15, -0.1) is 24.0 Å². The fourth-order valence-corrected chi connectivity index (χ4v) is 2.39. The van der Waals surface area contributed by atoms with E-state index in [4.69, 9.17) is 38.4 Å². The molecule has 0 atom stereocenters. The van der Waals surface area contributed by atoms with Gasteiger partial charge in [-0.1, -0.05) is 23.2 Å². The van der Waals surface area contributed by atoms with Crippen molar-refractivity contribution >= 4 is 53.1 Å². The number of hydrogen-bond donors (Lipinski definition) is 1. The first-order chi connectivity index (χ1) is 10.2. The molecule has 0 unspecified atom stereocenters. The zero-order valence-corrected chi connectivity index (χ0v) is 16.0. The average Bonchev–Trinajstić information content (AvgIpc) is 2.49. The van der Waals surface area contributed by atoms with Crippen LogP contribution >= 0.6 is 47.2 Å². The van der Waals surface area contributed by atoms with Crippen LogP contribution in [0.25, 0.3) is 0 Å². The lowest BCUT2D eigenvalue weighted by Crippen LogP contribution is -2.44. The Morgan fingerprint density at radius 2 is 2.05 bits per heavy atom. The predicted molar refractivity (Wildman–Crippen MR) is 101 cm³/mol. The third-order valence-electron chi connectivity index (χ3n) is 3.06. The second-order valence-corrected chi connectivity index (χ2v) is 5.46. The Morgan fingerprint density at radius 1 is 1.32 bits per heavy atom. The van der Waals surface area contributed by atoms with E-state index in [9.17, 15) is 0 Å². The number of hydrogen-bond acceptors (Lipinski definition) is 3. The monoisotopic (exact) mass is 459 g/mol. The van der Waals surface area contributed by atoms with Gasteiger partial charge in [-0.2, -0.15) is 0 Å². The first kappa shape index (κ1) is 19.6. The highest BCUT2D eigenvalue weighted by molar-refractivity contribution is 14.0. The molecule has 1 aliphatic heterocycles. The highest BCUT2D eigenvalue weighted by Gasteiger charge is 2.11. The van der Waals surface area contributed by atoms with Crippen molar-refractivity contribution in [3.05, 3.63) is 28.2 Å². The van der Waals surface area contributed by atoms with Gasteiger partial charge in [0.25, 0.3) is 0 Å². The lowest BCUT2D eigenvalue weighted by molar-refractivity contribution is 0.0674. The number of halogens is 3. The van der Waals surface area contributed by atoms with E-state index in [2.05, 4.69) is 4.99 Å². The van der Waals surface area contributed by atoms with Crippen molar-refractivity contribution in [2.45, 2.75) is 6.42 Å². The van der Waals surface area contributed by atoms with Crippen LogP contribution in [-0.4, -0.2) is 50.3 Å². The van der Waals surface area contributed by atoms with Crippen molar-refractivity contribution in [2.75, 3.05) is 39.5 Å². The SMILES string of the molecule is I.NC(=NCCCOc1ccc(Cl)cc1Cl)N1CCOCC1. The zero-order chi connectivity index (χ0) is 15.1. The maximum Gasteiger partial charge on any atom is 0.191 e. The molecule has 0 amide bonds. The highest BCUT2D eigenvalue weighted by atomic mass is 127. The average molecular weight is 460 g/mol. The summed E-state index contributed by atoms with van der Waals surface area (Å²) in [6, 6.07) is 5.17. The zero-order valence-electron chi connectivity index (χ0n) is 12.1. The van der Waals surface area contributed by atoms with Crippen LogP contribution in [0.4, 0.5) is 0 Å². The molecule has 0 aromatic heterocycles. The van der Waals surface area contributed by atoms with E-state index in [0.29, 0.717) is 48.1 Å². The van der Waals surface area contributed by atoms with Crippen LogP contribution in [-0.2, 0) is 4.74 Å². The normalized spacial score (nSPS) is 15.4. The molecule has 2 rings (SSSR count). The van der Waals surface area contributed by atoms with Gasteiger partial charge in [0, 0.05) is 31.1 Å². The maximum absolute atomic E-state index is 6.02. The Bertz CT molecular complexity index is 497. The summed E-state index contributed by atoms with van der Waals surface area (Å²) >= 11 is 11.8. The van der Waals surface area contributed by atoms with Crippen LogP contribution in [0.1, 0.15) is 6.42 Å². The van der Waals surface area contributed by atoms with Gasteiger partial charge >= 0.3 is 0 Å². The number of rotatable bonds is 5. The molecule has 124 valence electrons. The van der Waals surface area contributed by atoms with Crippen LogP contribution < -0.4 is 10.5 Å². The molecule has 8 heteroatoms. The number of morpholine rings is 1. The summed E-state index contributed by atoms with van der Waals surface area (Å²) < 4.78 is 10.9. The van der Waals surface area contributed by atoms with Gasteiger partial charge in [0.2, 0.25) is 0 Å². The fraction of sp³-hybridized carbons (Fsp3) is 0.500. The molecule has 1 aromatic rings. The Hall–Kier alpha value is -0.440. The first-order valence-corrected chi connectivity index (χ1v) is 7.63. The number of nitrogens with zero attached hydrogens (tertiary/aromatic N) is 2. The van der Waals surface area contributed by atoms with Crippen LogP contribution in [0.15, 0.2) is 23.2 Å². The van der Waals surface area contributed by atoms with Gasteiger partial charge in [-0.05, 0) is 18.2 Å². The predicted octanol–water partition coefficient (Wildman–Crippen LogP) is 3.03. The number of nitrogens with two attached hydrogens (primary N) is 1. The van der Waals surface area contributed by atoms with Gasteiger partial charge in [0.05, 0.1) is 24.8 Å². The molecule has 5 nitrogen and oxygen atoms in total. The van der Waals surface area contributed by atoms with E-state index in [0.717, 1.165) is 19.5 Å². The number of ether oxygens (including phenoxy) is 2. The molecule has 1 aliphatic rings. The van der Waals surface area contributed by atoms with Gasteiger partial charge in [-0.25, -0.2) is 0 Å². The molecule has 1 fully saturated rings. The van der Waals surface area contributed by atoms with Crippen LogP contribution in [0, 0.1) is 0 Å². The summed E-state index contributed by atoms with van der Waals surface area (Å²) in [5.74, 6) is 1.20. The maximum atomic E-state index is 6.02. The summed E-state index contributed by atoms with van der Waals surface area (Å²) in [6.07, 6.45) is 0.768. The Kier molecular flexibility index (Phi) is 9.23. The molecular formula is C14H20Cl2IN3O2.